The van der Waals surface area contributed by atoms with Gasteiger partial charge in [-0.1, -0.05) is 51.4 Å². The van der Waals surface area contributed by atoms with E-state index in [1.807, 2.05) is 18.7 Å². The number of imidazole rings is 1. The van der Waals surface area contributed by atoms with Crippen LogP contribution < -0.4 is 0 Å². The van der Waals surface area contributed by atoms with Gasteiger partial charge in [-0.15, -0.1) is 0 Å². The van der Waals surface area contributed by atoms with Crippen molar-refractivity contribution < 1.29 is 0 Å². The summed E-state index contributed by atoms with van der Waals surface area (Å²) in [6.45, 7) is 1.13. The second-order valence-corrected chi connectivity index (χ2v) is 5.51. The third kappa shape index (κ3) is 8.62. The van der Waals surface area contributed by atoms with Gasteiger partial charge in [-0.3, -0.25) is 0 Å². The van der Waals surface area contributed by atoms with Gasteiger partial charge in [-0.05, 0) is 18.6 Å². The summed E-state index contributed by atoms with van der Waals surface area (Å²) in [5.74, 6) is 1.05. The van der Waals surface area contributed by atoms with Crippen molar-refractivity contribution in [2.75, 3.05) is 5.75 Å². The molecule has 0 saturated heterocycles. The first-order valence-corrected chi connectivity index (χ1v) is 8.13. The number of rotatable bonds is 12. The molecular formula is C15H28N2S. The lowest BCUT2D eigenvalue weighted by Crippen LogP contribution is -1.93. The van der Waals surface area contributed by atoms with E-state index in [2.05, 4.69) is 22.2 Å². The maximum absolute atomic E-state index is 4.23. The third-order valence-corrected chi connectivity index (χ3v) is 3.70. The van der Waals surface area contributed by atoms with Gasteiger partial charge in [0.15, 0.2) is 0 Å². The highest BCUT2D eigenvalue weighted by Crippen LogP contribution is 2.11. The molecule has 2 nitrogen and oxygen atoms in total. The number of unbranched alkanes of at least 4 members (excludes halogenated alkanes) is 9. The molecule has 0 aliphatic heterocycles. The molecule has 1 heterocycles. The topological polar surface area (TPSA) is 17.8 Å². The first-order chi connectivity index (χ1) is 8.93. The molecule has 0 radical (unpaired) electrons. The Labute approximate surface area is 118 Å². The molecule has 0 atom stereocenters. The van der Waals surface area contributed by atoms with Crippen molar-refractivity contribution in [3.05, 3.63) is 18.7 Å². The van der Waals surface area contributed by atoms with E-state index in [4.69, 9.17) is 0 Å². The van der Waals surface area contributed by atoms with Crippen LogP contribution in [0.1, 0.15) is 64.2 Å². The molecule has 0 fully saturated rings. The van der Waals surface area contributed by atoms with Crippen LogP contribution in [0, 0.1) is 0 Å². The lowest BCUT2D eigenvalue weighted by atomic mass is 10.1. The molecule has 0 aliphatic rings. The van der Waals surface area contributed by atoms with Gasteiger partial charge in [0.2, 0.25) is 0 Å². The fourth-order valence-corrected chi connectivity index (χ4v) is 2.46. The van der Waals surface area contributed by atoms with E-state index in [1.54, 1.807) is 0 Å². The highest BCUT2D eigenvalue weighted by molar-refractivity contribution is 7.80. The van der Waals surface area contributed by atoms with Crippen molar-refractivity contribution >= 4 is 12.6 Å². The monoisotopic (exact) mass is 268 g/mol. The van der Waals surface area contributed by atoms with E-state index in [0.29, 0.717) is 0 Å². The first-order valence-electron chi connectivity index (χ1n) is 7.50. The van der Waals surface area contributed by atoms with Crippen LogP contribution in [0.5, 0.6) is 0 Å². The Kier molecular flexibility index (Phi) is 10.1. The molecule has 0 aromatic carbocycles. The molecular weight excluding hydrogens is 240 g/mol. The number of aromatic nitrogens is 2. The van der Waals surface area contributed by atoms with Gasteiger partial charge in [-0.2, -0.15) is 12.6 Å². The summed E-state index contributed by atoms with van der Waals surface area (Å²) in [5.41, 5.74) is 0. The fourth-order valence-electron chi connectivity index (χ4n) is 2.24. The number of thiol groups is 1. The Morgan fingerprint density at radius 1 is 0.778 bits per heavy atom. The van der Waals surface area contributed by atoms with Crippen LogP contribution >= 0.6 is 12.6 Å². The van der Waals surface area contributed by atoms with Gasteiger partial charge in [0.25, 0.3) is 0 Å². The maximum Gasteiger partial charge on any atom is 0.0945 e. The minimum Gasteiger partial charge on any atom is -0.337 e. The molecule has 0 spiro atoms. The Morgan fingerprint density at radius 3 is 1.83 bits per heavy atom. The van der Waals surface area contributed by atoms with Crippen molar-refractivity contribution in [2.45, 2.75) is 70.8 Å². The molecule has 0 saturated carbocycles. The van der Waals surface area contributed by atoms with E-state index in [1.165, 1.54) is 64.2 Å². The van der Waals surface area contributed by atoms with Gasteiger partial charge in [0.05, 0.1) is 6.33 Å². The second kappa shape index (κ2) is 11.6. The number of hydrogen-bond acceptors (Lipinski definition) is 2. The molecule has 3 heteroatoms. The molecule has 1 rings (SSSR count). The largest absolute Gasteiger partial charge is 0.337 e. The van der Waals surface area contributed by atoms with Crippen LogP contribution in [0.4, 0.5) is 0 Å². The lowest BCUT2D eigenvalue weighted by Gasteiger charge is -2.03. The lowest BCUT2D eigenvalue weighted by molar-refractivity contribution is 0.535. The Morgan fingerprint density at radius 2 is 1.33 bits per heavy atom. The van der Waals surface area contributed by atoms with Crippen LogP contribution in [-0.4, -0.2) is 15.3 Å². The van der Waals surface area contributed by atoms with E-state index >= 15 is 0 Å². The summed E-state index contributed by atoms with van der Waals surface area (Å²) in [5, 5.41) is 0. The number of aryl methyl sites for hydroxylation is 1. The SMILES string of the molecule is SCCCCCCCCCCCCn1ccnc1. The quantitative estimate of drug-likeness (QED) is 0.429. The molecule has 1 aromatic rings. The van der Waals surface area contributed by atoms with Crippen LogP contribution in [0.15, 0.2) is 18.7 Å². The normalized spacial score (nSPS) is 10.9. The van der Waals surface area contributed by atoms with Crippen LogP contribution in [0.25, 0.3) is 0 Å². The van der Waals surface area contributed by atoms with Crippen molar-refractivity contribution in [1.29, 1.82) is 0 Å². The van der Waals surface area contributed by atoms with Crippen molar-refractivity contribution in [2.24, 2.45) is 0 Å². The zero-order valence-electron chi connectivity index (χ0n) is 11.6. The standard InChI is InChI=1S/C15H28N2S/c18-14-10-8-6-4-2-1-3-5-7-9-12-17-13-11-16-15-17/h11,13,15,18H,1-10,12,14H2. The van der Waals surface area contributed by atoms with E-state index < -0.39 is 0 Å². The zero-order chi connectivity index (χ0) is 12.9. The maximum atomic E-state index is 4.23. The molecule has 1 aromatic heterocycles. The van der Waals surface area contributed by atoms with Crippen molar-refractivity contribution in [3.63, 3.8) is 0 Å². The average molecular weight is 268 g/mol. The van der Waals surface area contributed by atoms with E-state index in [9.17, 15) is 0 Å². The Balaban J connectivity index is 1.73. The van der Waals surface area contributed by atoms with Gasteiger partial charge in [0, 0.05) is 18.9 Å². The van der Waals surface area contributed by atoms with Gasteiger partial charge in [-0.25, -0.2) is 4.98 Å². The minimum absolute atomic E-state index is 1.05. The summed E-state index contributed by atoms with van der Waals surface area (Å²) in [6.07, 6.45) is 19.6. The molecule has 0 unspecified atom stereocenters. The third-order valence-electron chi connectivity index (χ3n) is 3.38. The van der Waals surface area contributed by atoms with Crippen molar-refractivity contribution in [1.82, 2.24) is 9.55 Å². The molecule has 104 valence electrons. The van der Waals surface area contributed by atoms with E-state index in [0.717, 1.165) is 12.3 Å². The van der Waals surface area contributed by atoms with Gasteiger partial charge >= 0.3 is 0 Å². The molecule has 0 N–H and O–H groups in total. The number of hydrogen-bond donors (Lipinski definition) is 1. The summed E-state index contributed by atoms with van der Waals surface area (Å²) in [7, 11) is 0. The summed E-state index contributed by atoms with van der Waals surface area (Å²) in [4.78, 5) is 4.05. The van der Waals surface area contributed by atoms with Crippen molar-refractivity contribution in [3.8, 4) is 0 Å². The summed E-state index contributed by atoms with van der Waals surface area (Å²) >= 11 is 4.23. The molecule has 0 amide bonds. The zero-order valence-corrected chi connectivity index (χ0v) is 12.5. The highest BCUT2D eigenvalue weighted by Gasteiger charge is 1.93. The molecule has 18 heavy (non-hydrogen) atoms. The second-order valence-electron chi connectivity index (χ2n) is 5.06. The smallest absolute Gasteiger partial charge is 0.0945 e. The fraction of sp³-hybridized carbons (Fsp3) is 0.800. The average Bonchev–Trinajstić information content (AvgIpc) is 2.89. The highest BCUT2D eigenvalue weighted by atomic mass is 32.1. The predicted molar refractivity (Wildman–Crippen MR) is 82.3 cm³/mol. The summed E-state index contributed by atoms with van der Waals surface area (Å²) in [6, 6.07) is 0. The van der Waals surface area contributed by atoms with Crippen LogP contribution in [0.2, 0.25) is 0 Å². The van der Waals surface area contributed by atoms with Crippen LogP contribution in [0.3, 0.4) is 0 Å². The first kappa shape index (κ1) is 15.6. The minimum atomic E-state index is 1.05. The van der Waals surface area contributed by atoms with Gasteiger partial charge < -0.3 is 4.57 Å². The molecule has 0 bridgehead atoms. The van der Waals surface area contributed by atoms with Crippen LogP contribution in [-0.2, 0) is 6.54 Å². The molecule has 0 aliphatic carbocycles. The predicted octanol–water partition coefficient (Wildman–Crippen LogP) is 4.71. The Hall–Kier alpha value is -0.440. The Bertz CT molecular complexity index is 259. The summed E-state index contributed by atoms with van der Waals surface area (Å²) < 4.78 is 2.17. The van der Waals surface area contributed by atoms with Gasteiger partial charge in [0.1, 0.15) is 0 Å². The number of nitrogens with zero attached hydrogens (tertiary/aromatic N) is 2. The van der Waals surface area contributed by atoms with E-state index in [-0.39, 0.29) is 0 Å².